The van der Waals surface area contributed by atoms with Crippen molar-refractivity contribution in [3.05, 3.63) is 145 Å². The van der Waals surface area contributed by atoms with Crippen LogP contribution in [0, 0.1) is 11.6 Å². The minimum Gasteiger partial charge on any atom is -0.451 e. The molecule has 0 fully saturated rings. The van der Waals surface area contributed by atoms with Crippen LogP contribution in [0.25, 0.3) is 45.0 Å². The molecule has 0 saturated heterocycles. The molecule has 0 radical (unpaired) electrons. The Morgan fingerprint density at radius 3 is 1.46 bits per heavy atom. The first kappa shape index (κ1) is 34.2. The average molecular weight is 757 g/mol. The Labute approximate surface area is 298 Å². The highest BCUT2D eigenvalue weighted by atomic mass is 32.2. The van der Waals surface area contributed by atoms with E-state index in [1.54, 1.807) is 48.1 Å². The molecule has 0 bridgehead atoms. The Morgan fingerprint density at radius 2 is 1.04 bits per heavy atom. The van der Waals surface area contributed by atoms with Crippen molar-refractivity contribution >= 4 is 31.4 Å². The standard InChI is InChI=1S/C17H11FN4O3S.C17H11FN4O2S2/c2*18-14-5-3-12(4-6-14)16-17(13-7-9-19-10-8-13)22(21-20-16)26(23,24)15-2-1-11-25-15/h2*1-11H. The average Bonchev–Trinajstić information content (AvgIpc) is 4.00. The first-order valence-corrected chi connectivity index (χ1v) is 18.7. The highest BCUT2D eigenvalue weighted by Gasteiger charge is 2.29. The van der Waals surface area contributed by atoms with Gasteiger partial charge >= 0.3 is 10.0 Å². The van der Waals surface area contributed by atoms with Gasteiger partial charge < -0.3 is 4.42 Å². The number of hydrogen-bond acceptors (Lipinski definition) is 12. The van der Waals surface area contributed by atoms with Crippen LogP contribution >= 0.6 is 11.3 Å². The number of aromatic nitrogens is 8. The smallest absolute Gasteiger partial charge is 0.318 e. The molecule has 0 saturated carbocycles. The van der Waals surface area contributed by atoms with Gasteiger partial charge in [0.05, 0.1) is 6.26 Å². The lowest BCUT2D eigenvalue weighted by Crippen LogP contribution is -2.15. The molecule has 8 rings (SSSR count). The Hall–Kier alpha value is -6.24. The van der Waals surface area contributed by atoms with Gasteiger partial charge in [-0.05, 0) is 96.4 Å². The molecule has 52 heavy (non-hydrogen) atoms. The SMILES string of the molecule is O=S(=O)(c1ccco1)n1nnc(-c2ccc(F)cc2)c1-c1ccncc1.O=S(=O)(c1cccs1)n1nnc(-c2ccc(F)cc2)c1-c1ccncc1. The van der Waals surface area contributed by atoms with Crippen LogP contribution in [-0.2, 0) is 20.0 Å². The third-order valence-electron chi connectivity index (χ3n) is 7.38. The van der Waals surface area contributed by atoms with Gasteiger partial charge in [-0.3, -0.25) is 9.97 Å². The van der Waals surface area contributed by atoms with E-state index in [4.69, 9.17) is 4.42 Å². The third kappa shape index (κ3) is 6.64. The van der Waals surface area contributed by atoms with Gasteiger partial charge in [-0.15, -0.1) is 29.7 Å². The first-order valence-electron chi connectivity index (χ1n) is 15.0. The summed E-state index contributed by atoms with van der Waals surface area (Å²) in [6.07, 6.45) is 7.43. The van der Waals surface area contributed by atoms with E-state index in [0.717, 1.165) is 19.5 Å². The molecule has 0 aliphatic heterocycles. The fourth-order valence-corrected chi connectivity index (χ4v) is 8.44. The zero-order chi connectivity index (χ0) is 36.3. The summed E-state index contributed by atoms with van der Waals surface area (Å²) in [7, 11) is -7.99. The molecule has 0 aliphatic carbocycles. The number of nitrogens with zero attached hydrogens (tertiary/aromatic N) is 8. The predicted molar refractivity (Wildman–Crippen MR) is 185 cm³/mol. The quantitative estimate of drug-likeness (QED) is 0.168. The molecule has 0 atom stereocenters. The Balaban J connectivity index is 0.000000162. The van der Waals surface area contributed by atoms with Crippen molar-refractivity contribution < 1.29 is 30.0 Å². The summed E-state index contributed by atoms with van der Waals surface area (Å²) >= 11 is 1.10. The van der Waals surface area contributed by atoms with E-state index in [-0.39, 0.29) is 15.0 Å². The molecule has 6 aromatic heterocycles. The molecular weight excluding hydrogens is 735 g/mol. The summed E-state index contributed by atoms with van der Waals surface area (Å²) < 4.78 is 85.1. The molecule has 0 amide bonds. The van der Waals surface area contributed by atoms with E-state index in [1.165, 1.54) is 85.4 Å². The highest BCUT2D eigenvalue weighted by Crippen LogP contribution is 2.34. The Morgan fingerprint density at radius 1 is 0.558 bits per heavy atom. The van der Waals surface area contributed by atoms with Gasteiger partial charge in [0.1, 0.15) is 38.6 Å². The lowest BCUT2D eigenvalue weighted by Gasteiger charge is -2.08. The normalized spacial score (nSPS) is 11.6. The third-order valence-corrected chi connectivity index (χ3v) is 11.8. The molecule has 260 valence electrons. The fourth-order valence-electron chi connectivity index (χ4n) is 4.98. The van der Waals surface area contributed by atoms with E-state index >= 15 is 0 Å². The van der Waals surface area contributed by atoms with Crippen LogP contribution in [0.5, 0.6) is 0 Å². The zero-order valence-electron chi connectivity index (χ0n) is 26.3. The molecule has 6 heterocycles. The molecule has 13 nitrogen and oxygen atoms in total. The predicted octanol–water partition coefficient (Wildman–Crippen LogP) is 6.42. The van der Waals surface area contributed by atoms with Gasteiger partial charge in [0.2, 0.25) is 5.09 Å². The van der Waals surface area contributed by atoms with E-state index in [0.29, 0.717) is 39.3 Å². The maximum atomic E-state index is 13.3. The van der Waals surface area contributed by atoms with Crippen molar-refractivity contribution in [2.45, 2.75) is 9.30 Å². The van der Waals surface area contributed by atoms with Crippen LogP contribution in [-0.4, -0.2) is 55.6 Å². The number of thiophene rings is 1. The van der Waals surface area contributed by atoms with Gasteiger partial charge in [0, 0.05) is 47.0 Å². The lowest BCUT2D eigenvalue weighted by molar-refractivity contribution is 0.445. The molecule has 0 spiro atoms. The monoisotopic (exact) mass is 756 g/mol. The molecule has 8 aromatic rings. The number of pyridine rings is 2. The summed E-state index contributed by atoms with van der Waals surface area (Å²) in [4.78, 5) is 7.91. The van der Waals surface area contributed by atoms with E-state index in [2.05, 4.69) is 30.6 Å². The molecule has 18 heteroatoms. The second-order valence-electron chi connectivity index (χ2n) is 10.6. The van der Waals surface area contributed by atoms with Gasteiger partial charge in [-0.1, -0.05) is 16.5 Å². The maximum absolute atomic E-state index is 13.3. The van der Waals surface area contributed by atoms with Crippen LogP contribution in [0.15, 0.2) is 147 Å². The number of hydrogen-bond donors (Lipinski definition) is 0. The highest BCUT2D eigenvalue weighted by molar-refractivity contribution is 7.92. The number of rotatable bonds is 8. The Bertz CT molecular complexity index is 2470. The van der Waals surface area contributed by atoms with Crippen LogP contribution < -0.4 is 0 Å². The number of benzene rings is 2. The summed E-state index contributed by atoms with van der Waals surface area (Å²) in [5.74, 6) is -0.798. The van der Waals surface area contributed by atoms with Gasteiger partial charge in [-0.25, -0.2) is 8.78 Å². The second kappa shape index (κ2) is 14.2. The molecule has 0 N–H and O–H groups in total. The minimum atomic E-state index is -4.09. The van der Waals surface area contributed by atoms with E-state index in [9.17, 15) is 25.6 Å². The van der Waals surface area contributed by atoms with Crippen molar-refractivity contribution in [1.82, 2.24) is 38.8 Å². The van der Waals surface area contributed by atoms with Gasteiger partial charge in [0.25, 0.3) is 10.0 Å². The lowest BCUT2D eigenvalue weighted by atomic mass is 10.1. The summed E-state index contributed by atoms with van der Waals surface area (Å²) in [5.41, 5.74) is 3.39. The summed E-state index contributed by atoms with van der Waals surface area (Å²) in [6, 6.07) is 23.8. The minimum absolute atomic E-state index is 0.156. The Kier molecular flexibility index (Phi) is 9.33. The van der Waals surface area contributed by atoms with Crippen LogP contribution in [0.3, 0.4) is 0 Å². The van der Waals surface area contributed by atoms with Crippen LogP contribution in [0.4, 0.5) is 8.78 Å². The molecule has 0 aliphatic rings. The maximum Gasteiger partial charge on any atom is 0.318 e. The van der Waals surface area contributed by atoms with Gasteiger partial charge in [-0.2, -0.15) is 16.8 Å². The van der Waals surface area contributed by atoms with Crippen molar-refractivity contribution in [2.24, 2.45) is 0 Å². The van der Waals surface area contributed by atoms with E-state index < -0.39 is 31.7 Å². The summed E-state index contributed by atoms with van der Waals surface area (Å²) in [6.45, 7) is 0. The van der Waals surface area contributed by atoms with Crippen molar-refractivity contribution in [3.63, 3.8) is 0 Å². The van der Waals surface area contributed by atoms with Crippen molar-refractivity contribution in [1.29, 1.82) is 0 Å². The second-order valence-corrected chi connectivity index (χ2v) is 15.3. The molecular formula is C34H22F2N8O5S3. The van der Waals surface area contributed by atoms with Crippen LogP contribution in [0.1, 0.15) is 0 Å². The first-order chi connectivity index (χ1) is 25.1. The fraction of sp³-hybridized carbons (Fsp3) is 0. The summed E-state index contributed by atoms with van der Waals surface area (Å²) in [5, 5.41) is 17.2. The number of furan rings is 1. The van der Waals surface area contributed by atoms with Crippen molar-refractivity contribution in [3.8, 4) is 45.0 Å². The van der Waals surface area contributed by atoms with Crippen LogP contribution in [0.2, 0.25) is 0 Å². The zero-order valence-corrected chi connectivity index (χ0v) is 28.8. The largest absolute Gasteiger partial charge is 0.451 e. The van der Waals surface area contributed by atoms with E-state index in [1.807, 2.05) is 0 Å². The number of halogens is 2. The van der Waals surface area contributed by atoms with Gasteiger partial charge in [0.15, 0.2) is 0 Å². The molecule has 2 aromatic carbocycles. The van der Waals surface area contributed by atoms with Crippen molar-refractivity contribution in [2.75, 3.05) is 0 Å². The topological polar surface area (TPSA) is 169 Å². The molecule has 0 unspecified atom stereocenters.